The van der Waals surface area contributed by atoms with Crippen LogP contribution in [0.4, 0.5) is 0 Å². The molecule has 15 heavy (non-hydrogen) atoms. The highest BCUT2D eigenvalue weighted by molar-refractivity contribution is 6.35. The van der Waals surface area contributed by atoms with Gasteiger partial charge in [0.05, 0.1) is 6.54 Å². The van der Waals surface area contributed by atoms with Crippen molar-refractivity contribution in [3.63, 3.8) is 0 Å². The summed E-state index contributed by atoms with van der Waals surface area (Å²) in [5, 5.41) is 1.35. The van der Waals surface area contributed by atoms with Crippen LogP contribution in [-0.2, 0) is 6.54 Å². The minimum absolute atomic E-state index is 0.658. The molecule has 78 valence electrons. The molecule has 0 unspecified atom stereocenters. The second-order valence-electron chi connectivity index (χ2n) is 3.34. The molecule has 0 saturated heterocycles. The first-order valence-electron chi connectivity index (χ1n) is 4.58. The van der Waals surface area contributed by atoms with Crippen molar-refractivity contribution in [2.24, 2.45) is 0 Å². The number of aryl methyl sites for hydroxylation is 1. The fourth-order valence-corrected chi connectivity index (χ4v) is 1.87. The van der Waals surface area contributed by atoms with Crippen molar-refractivity contribution in [2.45, 2.75) is 13.5 Å². The summed E-state index contributed by atoms with van der Waals surface area (Å²) in [6.45, 7) is 2.69. The molecule has 0 amide bonds. The number of hydrogen-bond donors (Lipinski definition) is 0. The molecule has 2 nitrogen and oxygen atoms in total. The van der Waals surface area contributed by atoms with E-state index in [4.69, 9.17) is 23.2 Å². The maximum atomic E-state index is 6.08. The van der Waals surface area contributed by atoms with Gasteiger partial charge in [-0.05, 0) is 24.6 Å². The number of imidazole rings is 1. The molecule has 0 atom stereocenters. The smallest absolute Gasteiger partial charge is 0.105 e. The second-order valence-corrected chi connectivity index (χ2v) is 4.18. The summed E-state index contributed by atoms with van der Waals surface area (Å²) >= 11 is 11.9. The standard InChI is InChI=1S/C11H10Cl2N2/c1-8-14-4-5-15(8)7-9-2-3-10(12)6-11(9)13/h2-6H,7H2,1H3. The Balaban J connectivity index is 2.29. The Morgan fingerprint density at radius 3 is 2.73 bits per heavy atom. The molecular formula is C11H10Cl2N2. The first-order chi connectivity index (χ1) is 7.16. The van der Waals surface area contributed by atoms with E-state index in [1.807, 2.05) is 29.8 Å². The summed E-state index contributed by atoms with van der Waals surface area (Å²) in [7, 11) is 0. The predicted molar refractivity (Wildman–Crippen MR) is 62.5 cm³/mol. The summed E-state index contributed by atoms with van der Waals surface area (Å²) in [4.78, 5) is 4.15. The van der Waals surface area contributed by atoms with Crippen molar-refractivity contribution in [3.05, 3.63) is 52.0 Å². The summed E-state index contributed by atoms with van der Waals surface area (Å²) in [6, 6.07) is 5.53. The van der Waals surface area contributed by atoms with E-state index < -0.39 is 0 Å². The minimum atomic E-state index is 0.658. The number of rotatable bonds is 2. The van der Waals surface area contributed by atoms with Crippen LogP contribution in [0, 0.1) is 6.92 Å². The van der Waals surface area contributed by atoms with Crippen LogP contribution >= 0.6 is 23.2 Å². The van der Waals surface area contributed by atoms with Gasteiger partial charge in [-0.1, -0.05) is 29.3 Å². The second kappa shape index (κ2) is 4.25. The highest BCUT2D eigenvalue weighted by atomic mass is 35.5. The van der Waals surface area contributed by atoms with Gasteiger partial charge in [0.1, 0.15) is 5.82 Å². The molecule has 2 aromatic rings. The van der Waals surface area contributed by atoms with Gasteiger partial charge in [-0.3, -0.25) is 0 Å². The van der Waals surface area contributed by atoms with Gasteiger partial charge in [0.15, 0.2) is 0 Å². The van der Waals surface area contributed by atoms with Crippen LogP contribution in [0.25, 0.3) is 0 Å². The molecule has 0 N–H and O–H groups in total. The van der Waals surface area contributed by atoms with E-state index in [0.29, 0.717) is 10.0 Å². The van der Waals surface area contributed by atoms with Crippen LogP contribution in [0.3, 0.4) is 0 Å². The first-order valence-corrected chi connectivity index (χ1v) is 5.34. The fraction of sp³-hybridized carbons (Fsp3) is 0.182. The Labute approximate surface area is 98.5 Å². The van der Waals surface area contributed by atoms with E-state index in [1.165, 1.54) is 0 Å². The van der Waals surface area contributed by atoms with Crippen LogP contribution in [-0.4, -0.2) is 9.55 Å². The van der Waals surface area contributed by atoms with E-state index in [2.05, 4.69) is 4.98 Å². The lowest BCUT2D eigenvalue weighted by molar-refractivity contribution is 0.762. The number of nitrogens with zero attached hydrogens (tertiary/aromatic N) is 2. The zero-order valence-corrected chi connectivity index (χ0v) is 9.76. The average molecular weight is 241 g/mol. The largest absolute Gasteiger partial charge is 0.331 e. The SMILES string of the molecule is Cc1nccn1Cc1ccc(Cl)cc1Cl. The topological polar surface area (TPSA) is 17.8 Å². The molecule has 0 aliphatic heterocycles. The zero-order chi connectivity index (χ0) is 10.8. The fourth-order valence-electron chi connectivity index (χ4n) is 1.40. The van der Waals surface area contributed by atoms with Crippen LogP contribution in [0.15, 0.2) is 30.6 Å². The first kappa shape index (κ1) is 10.5. The molecule has 1 aromatic heterocycles. The van der Waals surface area contributed by atoms with Gasteiger partial charge < -0.3 is 4.57 Å². The highest BCUT2D eigenvalue weighted by Crippen LogP contribution is 2.21. The lowest BCUT2D eigenvalue weighted by Gasteiger charge is -2.07. The summed E-state index contributed by atoms with van der Waals surface area (Å²) in [5.74, 6) is 0.973. The summed E-state index contributed by atoms with van der Waals surface area (Å²) in [5.41, 5.74) is 1.04. The molecule has 2 rings (SSSR count). The molecule has 0 saturated carbocycles. The van der Waals surface area contributed by atoms with E-state index in [1.54, 1.807) is 12.3 Å². The lowest BCUT2D eigenvalue weighted by Crippen LogP contribution is -2.01. The molecule has 0 aliphatic rings. The van der Waals surface area contributed by atoms with Crippen LogP contribution < -0.4 is 0 Å². The van der Waals surface area contributed by atoms with Gasteiger partial charge in [0, 0.05) is 22.4 Å². The van der Waals surface area contributed by atoms with Crippen molar-refractivity contribution in [3.8, 4) is 0 Å². The van der Waals surface area contributed by atoms with Crippen molar-refractivity contribution in [2.75, 3.05) is 0 Å². The third-order valence-electron chi connectivity index (χ3n) is 2.28. The number of aromatic nitrogens is 2. The van der Waals surface area contributed by atoms with E-state index in [-0.39, 0.29) is 0 Å². The van der Waals surface area contributed by atoms with E-state index in [0.717, 1.165) is 17.9 Å². The quantitative estimate of drug-likeness (QED) is 0.786. The van der Waals surface area contributed by atoms with Crippen LogP contribution in [0.2, 0.25) is 10.0 Å². The summed E-state index contributed by atoms with van der Waals surface area (Å²) < 4.78 is 2.04. The van der Waals surface area contributed by atoms with Gasteiger partial charge in [-0.25, -0.2) is 4.98 Å². The Kier molecular flexibility index (Phi) is 2.98. The molecule has 0 fully saturated rings. The van der Waals surface area contributed by atoms with Gasteiger partial charge >= 0.3 is 0 Å². The van der Waals surface area contributed by atoms with Gasteiger partial charge in [-0.2, -0.15) is 0 Å². The minimum Gasteiger partial charge on any atom is -0.331 e. The maximum absolute atomic E-state index is 6.08. The van der Waals surface area contributed by atoms with E-state index in [9.17, 15) is 0 Å². The van der Waals surface area contributed by atoms with Gasteiger partial charge in [0.25, 0.3) is 0 Å². The monoisotopic (exact) mass is 240 g/mol. The third-order valence-corrected chi connectivity index (χ3v) is 2.87. The Hall–Kier alpha value is -0.990. The zero-order valence-electron chi connectivity index (χ0n) is 8.24. The number of halogens is 2. The van der Waals surface area contributed by atoms with Crippen LogP contribution in [0.5, 0.6) is 0 Å². The lowest BCUT2D eigenvalue weighted by atomic mass is 10.2. The third kappa shape index (κ3) is 2.33. The van der Waals surface area contributed by atoms with Crippen molar-refractivity contribution < 1.29 is 0 Å². The molecule has 0 bridgehead atoms. The Bertz CT molecular complexity index is 477. The Morgan fingerprint density at radius 2 is 2.13 bits per heavy atom. The Morgan fingerprint density at radius 1 is 1.33 bits per heavy atom. The summed E-state index contributed by atoms with van der Waals surface area (Å²) in [6.07, 6.45) is 3.71. The molecule has 1 heterocycles. The highest BCUT2D eigenvalue weighted by Gasteiger charge is 2.03. The van der Waals surface area contributed by atoms with Crippen molar-refractivity contribution >= 4 is 23.2 Å². The molecule has 4 heteroatoms. The molecule has 0 aliphatic carbocycles. The van der Waals surface area contributed by atoms with Crippen molar-refractivity contribution in [1.82, 2.24) is 9.55 Å². The molecule has 0 radical (unpaired) electrons. The molecule has 0 spiro atoms. The molecule has 1 aromatic carbocycles. The van der Waals surface area contributed by atoms with Gasteiger partial charge in [0.2, 0.25) is 0 Å². The van der Waals surface area contributed by atoms with Crippen molar-refractivity contribution in [1.29, 1.82) is 0 Å². The molecular weight excluding hydrogens is 231 g/mol. The number of benzene rings is 1. The predicted octanol–water partition coefficient (Wildman–Crippen LogP) is 3.55. The number of hydrogen-bond acceptors (Lipinski definition) is 1. The van der Waals surface area contributed by atoms with Gasteiger partial charge in [-0.15, -0.1) is 0 Å². The average Bonchev–Trinajstić information content (AvgIpc) is 2.57. The maximum Gasteiger partial charge on any atom is 0.105 e. The normalized spacial score (nSPS) is 10.6. The van der Waals surface area contributed by atoms with Crippen LogP contribution in [0.1, 0.15) is 11.4 Å². The van der Waals surface area contributed by atoms with E-state index >= 15 is 0 Å².